The molecule has 1 saturated heterocycles. The molecule has 0 bridgehead atoms. The first-order chi connectivity index (χ1) is 16.6. The number of nitrogens with one attached hydrogen (secondary N) is 3. The largest absolute Gasteiger partial charge is 0.484 e. The fraction of sp³-hybridized carbons (Fsp3) is 0.292. The zero-order valence-corrected chi connectivity index (χ0v) is 20.2. The van der Waals surface area contributed by atoms with E-state index in [-0.39, 0.29) is 12.5 Å². The number of fused-ring (bicyclic) bond motifs is 1. The van der Waals surface area contributed by atoms with Crippen molar-refractivity contribution in [3.05, 3.63) is 57.9 Å². The number of benzene rings is 1. The molecule has 1 fully saturated rings. The van der Waals surface area contributed by atoms with E-state index in [4.69, 9.17) is 21.3 Å². The first-order valence-electron chi connectivity index (χ1n) is 11.1. The summed E-state index contributed by atoms with van der Waals surface area (Å²) in [6, 6.07) is 9.88. The van der Waals surface area contributed by atoms with Crippen LogP contribution in [-0.4, -0.2) is 58.5 Å². The number of H-pyrrole nitrogens is 1. The second-order valence-electron chi connectivity index (χ2n) is 8.25. The van der Waals surface area contributed by atoms with Gasteiger partial charge >= 0.3 is 0 Å². The Morgan fingerprint density at radius 1 is 1.32 bits per heavy atom. The van der Waals surface area contributed by atoms with Gasteiger partial charge in [0.15, 0.2) is 12.3 Å². The summed E-state index contributed by atoms with van der Waals surface area (Å²) >= 11 is 8.27. The molecule has 1 unspecified atom stereocenters. The van der Waals surface area contributed by atoms with Crippen LogP contribution in [0.1, 0.15) is 12.0 Å². The van der Waals surface area contributed by atoms with Gasteiger partial charge in [0.2, 0.25) is 0 Å². The number of imidazole rings is 1. The quantitative estimate of drug-likeness (QED) is 0.339. The smallest absolute Gasteiger partial charge is 0.257 e. The molecule has 3 N–H and O–H groups in total. The maximum atomic E-state index is 11.4. The Morgan fingerprint density at radius 3 is 2.94 bits per heavy atom. The summed E-state index contributed by atoms with van der Waals surface area (Å²) in [6.07, 6.45) is 2.70. The number of carbonyl (C=O) groups excluding carboxylic acids is 1. The molecule has 3 aromatic heterocycles. The minimum absolute atomic E-state index is 0.0240. The van der Waals surface area contributed by atoms with E-state index in [0.717, 1.165) is 42.8 Å². The van der Waals surface area contributed by atoms with Gasteiger partial charge in [0.25, 0.3) is 5.91 Å². The first kappa shape index (κ1) is 22.6. The Balaban J connectivity index is 1.31. The molecule has 5 rings (SSSR count). The highest BCUT2D eigenvalue weighted by Crippen LogP contribution is 2.32. The zero-order valence-electron chi connectivity index (χ0n) is 18.7. The summed E-state index contributed by atoms with van der Waals surface area (Å²) in [5.41, 5.74) is 4.45. The summed E-state index contributed by atoms with van der Waals surface area (Å²) < 4.78 is 5.47. The van der Waals surface area contributed by atoms with Crippen molar-refractivity contribution >= 4 is 45.7 Å². The molecular weight excluding hydrogens is 472 g/mol. The number of pyridine rings is 1. The van der Waals surface area contributed by atoms with Crippen molar-refractivity contribution < 1.29 is 9.53 Å². The molecular formula is C24H25ClN6O2S. The Labute approximate surface area is 206 Å². The van der Waals surface area contributed by atoms with E-state index in [2.05, 4.69) is 42.3 Å². The van der Waals surface area contributed by atoms with Gasteiger partial charge in [-0.05, 0) is 53.1 Å². The van der Waals surface area contributed by atoms with E-state index in [1.165, 1.54) is 5.56 Å². The number of aromatic amines is 1. The van der Waals surface area contributed by atoms with Crippen molar-refractivity contribution in [3.63, 3.8) is 0 Å². The van der Waals surface area contributed by atoms with Crippen LogP contribution in [0.3, 0.4) is 0 Å². The van der Waals surface area contributed by atoms with Crippen molar-refractivity contribution in [2.24, 2.45) is 0 Å². The maximum absolute atomic E-state index is 11.4. The molecule has 34 heavy (non-hydrogen) atoms. The molecule has 8 nitrogen and oxygen atoms in total. The van der Waals surface area contributed by atoms with E-state index in [1.807, 2.05) is 24.3 Å². The number of ether oxygens (including phenoxy) is 1. The van der Waals surface area contributed by atoms with Crippen LogP contribution in [0.5, 0.6) is 5.75 Å². The molecule has 10 heteroatoms. The van der Waals surface area contributed by atoms with Crippen molar-refractivity contribution in [3.8, 4) is 17.1 Å². The second-order valence-corrected chi connectivity index (χ2v) is 9.43. The van der Waals surface area contributed by atoms with Gasteiger partial charge < -0.3 is 20.4 Å². The lowest BCUT2D eigenvalue weighted by Gasteiger charge is -2.17. The average Bonchev–Trinajstić information content (AvgIpc) is 3.61. The predicted octanol–water partition coefficient (Wildman–Crippen LogP) is 4.15. The molecule has 1 amide bonds. The Hall–Kier alpha value is -3.14. The highest BCUT2D eigenvalue weighted by Gasteiger charge is 2.24. The predicted molar refractivity (Wildman–Crippen MR) is 136 cm³/mol. The normalized spacial score (nSPS) is 16.1. The molecule has 0 spiro atoms. The van der Waals surface area contributed by atoms with Gasteiger partial charge in [0.1, 0.15) is 17.1 Å². The topological polar surface area (TPSA) is 95.2 Å². The molecule has 176 valence electrons. The number of likely N-dealkylation sites (tertiary alicyclic amines) is 1. The highest BCUT2D eigenvalue weighted by atomic mass is 35.5. The van der Waals surface area contributed by atoms with Gasteiger partial charge in [-0.25, -0.2) is 9.97 Å². The number of hydrogen-bond acceptors (Lipinski definition) is 7. The Morgan fingerprint density at radius 2 is 2.18 bits per heavy atom. The standard InChI is InChI=1S/C24H25ClN6O2S/c1-26-20(32)13-33-18-4-2-16(3-5-18)23-29-22-21(19(25)10-27-24(22)30-23)28-17-6-8-31(12-17)11-15-7-9-34-14-15/h2-5,7,9-10,14,17H,6,8,11-13H2,1H3,(H,26,32)(H2,27,28,29,30). The van der Waals surface area contributed by atoms with E-state index in [9.17, 15) is 4.79 Å². The molecule has 1 aliphatic rings. The van der Waals surface area contributed by atoms with E-state index < -0.39 is 0 Å². The van der Waals surface area contributed by atoms with Crippen LogP contribution >= 0.6 is 22.9 Å². The van der Waals surface area contributed by atoms with Crippen molar-refractivity contribution in [1.82, 2.24) is 25.2 Å². The van der Waals surface area contributed by atoms with Crippen molar-refractivity contribution in [2.75, 3.05) is 32.1 Å². The van der Waals surface area contributed by atoms with Gasteiger partial charge in [-0.3, -0.25) is 9.69 Å². The van der Waals surface area contributed by atoms with Gasteiger partial charge in [0.05, 0.1) is 16.9 Å². The lowest BCUT2D eigenvalue weighted by Crippen LogP contribution is -2.26. The number of thiophene rings is 1. The molecule has 0 saturated carbocycles. The van der Waals surface area contributed by atoms with Crippen LogP contribution < -0.4 is 15.4 Å². The molecule has 0 aliphatic carbocycles. The first-order valence-corrected chi connectivity index (χ1v) is 12.4. The van der Waals surface area contributed by atoms with Crippen molar-refractivity contribution in [1.29, 1.82) is 0 Å². The molecule has 1 aromatic carbocycles. The van der Waals surface area contributed by atoms with Crippen LogP contribution in [-0.2, 0) is 11.3 Å². The van der Waals surface area contributed by atoms with Crippen LogP contribution in [0.4, 0.5) is 5.69 Å². The second kappa shape index (κ2) is 10.0. The summed E-state index contributed by atoms with van der Waals surface area (Å²) in [4.78, 5) is 26.3. The molecule has 4 heterocycles. The maximum Gasteiger partial charge on any atom is 0.257 e. The van der Waals surface area contributed by atoms with Gasteiger partial charge in [-0.1, -0.05) is 11.6 Å². The summed E-state index contributed by atoms with van der Waals surface area (Å²) in [7, 11) is 1.58. The molecule has 4 aromatic rings. The third-order valence-electron chi connectivity index (χ3n) is 5.85. The Kier molecular flexibility index (Phi) is 6.66. The van der Waals surface area contributed by atoms with Crippen LogP contribution in [0.15, 0.2) is 47.3 Å². The van der Waals surface area contributed by atoms with Gasteiger partial charge in [-0.15, -0.1) is 0 Å². The SMILES string of the molecule is CNC(=O)COc1ccc(-c2nc3c(NC4CCN(Cc5ccsc5)C4)c(Cl)cnc3[nH]2)cc1. The fourth-order valence-corrected chi connectivity index (χ4v) is 4.93. The molecule has 0 radical (unpaired) electrons. The number of likely N-dealkylation sites (N-methyl/N-ethyl adjacent to an activating group) is 1. The Bertz CT molecular complexity index is 1270. The zero-order chi connectivity index (χ0) is 23.5. The van der Waals surface area contributed by atoms with Crippen LogP contribution in [0.25, 0.3) is 22.6 Å². The van der Waals surface area contributed by atoms with Crippen LogP contribution in [0.2, 0.25) is 5.02 Å². The van der Waals surface area contributed by atoms with Crippen LogP contribution in [0, 0.1) is 0 Å². The number of carbonyl (C=O) groups is 1. The number of halogens is 1. The summed E-state index contributed by atoms with van der Waals surface area (Å²) in [6.45, 7) is 2.94. The van der Waals surface area contributed by atoms with Gasteiger partial charge in [0, 0.05) is 38.3 Å². The number of aromatic nitrogens is 3. The minimum Gasteiger partial charge on any atom is -0.484 e. The summed E-state index contributed by atoms with van der Waals surface area (Å²) in [5.74, 6) is 1.12. The molecule has 1 aliphatic heterocycles. The number of hydrogen-bond donors (Lipinski definition) is 3. The molecule has 1 atom stereocenters. The monoisotopic (exact) mass is 496 g/mol. The summed E-state index contributed by atoms with van der Waals surface area (Å²) in [5, 5.41) is 11.0. The minimum atomic E-state index is -0.179. The lowest BCUT2D eigenvalue weighted by atomic mass is 10.2. The number of anilines is 1. The lowest BCUT2D eigenvalue weighted by molar-refractivity contribution is -0.122. The average molecular weight is 497 g/mol. The van der Waals surface area contributed by atoms with Crippen molar-refractivity contribution in [2.45, 2.75) is 19.0 Å². The highest BCUT2D eigenvalue weighted by molar-refractivity contribution is 7.07. The van der Waals surface area contributed by atoms with E-state index in [0.29, 0.717) is 28.3 Å². The van der Waals surface area contributed by atoms with Gasteiger partial charge in [-0.2, -0.15) is 11.3 Å². The van der Waals surface area contributed by atoms with E-state index >= 15 is 0 Å². The third kappa shape index (κ3) is 5.01. The number of rotatable bonds is 8. The third-order valence-corrected chi connectivity index (χ3v) is 6.87. The van der Waals surface area contributed by atoms with E-state index in [1.54, 1.807) is 24.6 Å². The fourth-order valence-electron chi connectivity index (χ4n) is 4.07. The number of nitrogens with zero attached hydrogens (tertiary/aromatic N) is 3. The number of amides is 1.